The molecule has 1 aromatic carbocycles. The number of rotatable bonds is 4. The molecule has 3 N–H and O–H groups in total. The molecule has 0 radical (unpaired) electrons. The van der Waals surface area contributed by atoms with Gasteiger partial charge in [-0.1, -0.05) is 18.2 Å². The Hall–Kier alpha value is -3.13. The summed E-state index contributed by atoms with van der Waals surface area (Å²) in [5.41, 5.74) is 10.4. The molecule has 0 saturated heterocycles. The van der Waals surface area contributed by atoms with Crippen LogP contribution in [-0.4, -0.2) is 29.6 Å². The van der Waals surface area contributed by atoms with E-state index in [1.165, 1.54) is 27.6 Å². The van der Waals surface area contributed by atoms with E-state index in [2.05, 4.69) is 15.3 Å². The second kappa shape index (κ2) is 6.73. The maximum Gasteiger partial charge on any atom is 0.269 e. The summed E-state index contributed by atoms with van der Waals surface area (Å²) in [5.74, 6) is 0. The van der Waals surface area contributed by atoms with Crippen LogP contribution in [0.1, 0.15) is 25.7 Å². The van der Waals surface area contributed by atoms with Gasteiger partial charge in [-0.25, -0.2) is 17.4 Å². The molecule has 0 fully saturated rings. The molecule has 7 nitrogen and oxygen atoms in total. The van der Waals surface area contributed by atoms with Crippen molar-refractivity contribution in [1.29, 1.82) is 0 Å². The summed E-state index contributed by atoms with van der Waals surface area (Å²) < 4.78 is 27.4. The fourth-order valence-corrected chi connectivity index (χ4v) is 5.39. The Morgan fingerprint density at radius 3 is 2.83 bits per heavy atom. The van der Waals surface area contributed by atoms with Gasteiger partial charge in [-0.3, -0.25) is 4.99 Å². The number of hydrogen-bond acceptors (Lipinski definition) is 6. The number of benzene rings is 1. The molecule has 0 amide bonds. The molecule has 0 bridgehead atoms. The fraction of sp³-hybridized carbons (Fsp3) is 0.238. The van der Waals surface area contributed by atoms with Crippen LogP contribution < -0.4 is 11.1 Å². The summed E-state index contributed by atoms with van der Waals surface area (Å²) in [6.45, 7) is 0. The van der Waals surface area contributed by atoms with E-state index < -0.39 is 10.0 Å². The molecule has 29 heavy (non-hydrogen) atoms. The summed E-state index contributed by atoms with van der Waals surface area (Å²) >= 11 is 0. The minimum atomic E-state index is -3.74. The third-order valence-corrected chi connectivity index (χ3v) is 7.27. The number of nitrogen functional groups attached to an aromatic ring is 1. The van der Waals surface area contributed by atoms with E-state index in [4.69, 9.17) is 5.73 Å². The predicted molar refractivity (Wildman–Crippen MR) is 115 cm³/mol. The molecule has 1 aliphatic carbocycles. The van der Waals surface area contributed by atoms with Gasteiger partial charge >= 0.3 is 0 Å². The molecule has 148 valence electrons. The highest BCUT2D eigenvalue weighted by atomic mass is 32.2. The molecule has 1 unspecified atom stereocenters. The molecule has 2 aliphatic rings. The lowest BCUT2D eigenvalue weighted by atomic mass is 9.92. The van der Waals surface area contributed by atoms with Crippen LogP contribution >= 0.6 is 0 Å². The van der Waals surface area contributed by atoms with E-state index >= 15 is 0 Å². The minimum absolute atomic E-state index is 0.200. The molecule has 3 heterocycles. The van der Waals surface area contributed by atoms with Gasteiger partial charge in [0.2, 0.25) is 0 Å². The molecule has 3 aromatic rings. The number of anilines is 2. The molecule has 0 spiro atoms. The Morgan fingerprint density at radius 1 is 1.17 bits per heavy atom. The number of pyridine rings is 1. The van der Waals surface area contributed by atoms with Crippen molar-refractivity contribution < 1.29 is 8.42 Å². The van der Waals surface area contributed by atoms with E-state index in [1.54, 1.807) is 36.4 Å². The third kappa shape index (κ3) is 3.00. The van der Waals surface area contributed by atoms with Gasteiger partial charge < -0.3 is 11.1 Å². The average Bonchev–Trinajstić information content (AvgIpc) is 3.37. The van der Waals surface area contributed by atoms with E-state index in [0.29, 0.717) is 16.7 Å². The summed E-state index contributed by atoms with van der Waals surface area (Å²) in [6.07, 6.45) is 8.85. The van der Waals surface area contributed by atoms with Crippen molar-refractivity contribution in [2.24, 2.45) is 4.99 Å². The van der Waals surface area contributed by atoms with Gasteiger partial charge in [0.25, 0.3) is 10.0 Å². The second-order valence-corrected chi connectivity index (χ2v) is 9.22. The number of allylic oxidation sites excluding steroid dienone is 1. The normalized spacial score (nSPS) is 19.0. The lowest BCUT2D eigenvalue weighted by molar-refractivity contribution is 0.589. The molecule has 5 rings (SSSR count). The Labute approximate surface area is 169 Å². The van der Waals surface area contributed by atoms with Crippen molar-refractivity contribution in [1.82, 2.24) is 8.96 Å². The topological polar surface area (TPSA) is 102 Å². The largest absolute Gasteiger partial charge is 0.396 e. The average molecular weight is 407 g/mol. The highest BCUT2D eigenvalue weighted by molar-refractivity contribution is 7.90. The highest BCUT2D eigenvalue weighted by Gasteiger charge is 2.25. The maximum absolute atomic E-state index is 13.1. The van der Waals surface area contributed by atoms with E-state index in [9.17, 15) is 8.42 Å². The van der Waals surface area contributed by atoms with Crippen LogP contribution in [0.4, 0.5) is 11.4 Å². The van der Waals surface area contributed by atoms with Crippen molar-refractivity contribution in [2.75, 3.05) is 11.1 Å². The first-order chi connectivity index (χ1) is 14.0. The molecular formula is C21H21N5O2S. The van der Waals surface area contributed by atoms with Crippen molar-refractivity contribution in [3.05, 3.63) is 60.1 Å². The number of nitrogens with one attached hydrogen (secondary N) is 1. The van der Waals surface area contributed by atoms with Crippen LogP contribution in [0, 0.1) is 0 Å². The van der Waals surface area contributed by atoms with Gasteiger partial charge in [-0.15, -0.1) is 0 Å². The number of nitrogens with two attached hydrogens (primary N) is 1. The lowest BCUT2D eigenvalue weighted by Crippen LogP contribution is -2.24. The number of aliphatic imine (C=N–C) groups is 1. The zero-order valence-corrected chi connectivity index (χ0v) is 16.6. The standard InChI is InChI=1S/C21H21N5O2S/c22-18-13-24-21-17(9-11-26(21)29(27,28)16-4-2-1-3-5-16)20(18)25-15-7-6-14-8-10-23-19(14)12-15/h1-5,9-11,13,15H,6-8,12,22H2,(H,24,25). The van der Waals surface area contributed by atoms with Gasteiger partial charge in [-0.05, 0) is 36.6 Å². The molecule has 1 atom stereocenters. The summed E-state index contributed by atoms with van der Waals surface area (Å²) in [7, 11) is -3.74. The molecule has 1 aliphatic heterocycles. The van der Waals surface area contributed by atoms with Crippen LogP contribution in [0.3, 0.4) is 0 Å². The zero-order valence-electron chi connectivity index (χ0n) is 15.7. The number of fused-ring (bicyclic) bond motifs is 1. The Bertz CT molecular complexity index is 1260. The minimum Gasteiger partial charge on any atom is -0.396 e. The summed E-state index contributed by atoms with van der Waals surface area (Å²) in [4.78, 5) is 9.04. The Morgan fingerprint density at radius 2 is 2.00 bits per heavy atom. The number of nitrogens with zero attached hydrogens (tertiary/aromatic N) is 3. The Kier molecular flexibility index (Phi) is 4.16. The summed E-state index contributed by atoms with van der Waals surface area (Å²) in [6, 6.07) is 10.3. The van der Waals surface area contributed by atoms with Crippen LogP contribution in [0.2, 0.25) is 0 Å². The van der Waals surface area contributed by atoms with Gasteiger partial charge in [-0.2, -0.15) is 0 Å². The zero-order chi connectivity index (χ0) is 20.0. The molecule has 2 aromatic heterocycles. The molecule has 8 heteroatoms. The SMILES string of the molecule is Nc1cnc2c(ccn2S(=O)(=O)c2ccccc2)c1NC1CCC2=C(C1)N=CC2. The molecular weight excluding hydrogens is 386 g/mol. The first-order valence-corrected chi connectivity index (χ1v) is 11.0. The number of hydrogen-bond donors (Lipinski definition) is 2. The van der Waals surface area contributed by atoms with Gasteiger partial charge in [0.1, 0.15) is 0 Å². The van der Waals surface area contributed by atoms with E-state index in [-0.39, 0.29) is 10.9 Å². The van der Waals surface area contributed by atoms with E-state index in [0.717, 1.165) is 31.4 Å². The van der Waals surface area contributed by atoms with Gasteiger partial charge in [0.15, 0.2) is 5.65 Å². The van der Waals surface area contributed by atoms with Crippen LogP contribution in [0.5, 0.6) is 0 Å². The van der Waals surface area contributed by atoms with Crippen molar-refractivity contribution in [3.63, 3.8) is 0 Å². The first-order valence-electron chi connectivity index (χ1n) is 9.60. The quantitative estimate of drug-likeness (QED) is 0.689. The predicted octanol–water partition coefficient (Wildman–Crippen LogP) is 3.55. The van der Waals surface area contributed by atoms with Crippen LogP contribution in [-0.2, 0) is 10.0 Å². The van der Waals surface area contributed by atoms with Crippen LogP contribution in [0.15, 0.2) is 69.9 Å². The number of aromatic nitrogens is 2. The second-order valence-electron chi connectivity index (χ2n) is 7.41. The highest BCUT2D eigenvalue weighted by Crippen LogP contribution is 2.36. The Balaban J connectivity index is 1.53. The van der Waals surface area contributed by atoms with Crippen LogP contribution in [0.25, 0.3) is 11.0 Å². The summed E-state index contributed by atoms with van der Waals surface area (Å²) in [5, 5.41) is 4.22. The fourth-order valence-electron chi connectivity index (χ4n) is 4.07. The van der Waals surface area contributed by atoms with Crippen molar-refractivity contribution in [3.8, 4) is 0 Å². The van der Waals surface area contributed by atoms with Crippen molar-refractivity contribution in [2.45, 2.75) is 36.6 Å². The van der Waals surface area contributed by atoms with Gasteiger partial charge in [0, 0.05) is 42.4 Å². The maximum atomic E-state index is 13.1. The van der Waals surface area contributed by atoms with Crippen molar-refractivity contribution >= 4 is 38.6 Å². The van der Waals surface area contributed by atoms with E-state index in [1.807, 2.05) is 6.21 Å². The van der Waals surface area contributed by atoms with Gasteiger partial charge in [0.05, 0.1) is 22.5 Å². The first kappa shape index (κ1) is 17.9. The monoisotopic (exact) mass is 407 g/mol. The third-order valence-electron chi connectivity index (χ3n) is 5.59. The smallest absolute Gasteiger partial charge is 0.269 e. The molecule has 0 saturated carbocycles. The lowest BCUT2D eigenvalue weighted by Gasteiger charge is -2.25.